The highest BCUT2D eigenvalue weighted by atomic mass is 35.5. The predicted molar refractivity (Wildman–Crippen MR) is 143 cm³/mol. The maximum atomic E-state index is 13.3. The monoisotopic (exact) mass is 518 g/mol. The van der Waals surface area contributed by atoms with E-state index in [2.05, 4.69) is 46.6 Å². The Morgan fingerprint density at radius 1 is 1.00 bits per heavy atom. The first kappa shape index (κ1) is 23.2. The van der Waals surface area contributed by atoms with Gasteiger partial charge in [0, 0.05) is 48.9 Å². The van der Waals surface area contributed by atoms with Crippen molar-refractivity contribution in [1.29, 1.82) is 0 Å². The molecule has 0 aliphatic carbocycles. The minimum atomic E-state index is -0.337. The number of carbonyl (C=O) groups excluding carboxylic acids is 1. The number of benzene rings is 3. The van der Waals surface area contributed by atoms with E-state index in [1.54, 1.807) is 23.5 Å². The quantitative estimate of drug-likeness (QED) is 0.281. The molecule has 0 atom stereocenters. The summed E-state index contributed by atoms with van der Waals surface area (Å²) in [4.78, 5) is 23.1. The highest BCUT2D eigenvalue weighted by molar-refractivity contribution is 7.23. The second kappa shape index (κ2) is 9.32. The van der Waals surface area contributed by atoms with Gasteiger partial charge in [0.25, 0.3) is 5.91 Å². The number of halogens is 2. The fourth-order valence-corrected chi connectivity index (χ4v) is 6.11. The SMILES string of the molecule is Cc1ccc(-c2nc3sc4cc(Cl)ccc4n3c2CN2CCN(C(=O)c3ccc(F)cc3)CC2)cc1. The summed E-state index contributed by atoms with van der Waals surface area (Å²) in [5, 5.41) is 0.717. The first-order chi connectivity index (χ1) is 17.5. The number of rotatable bonds is 4. The molecule has 1 saturated heterocycles. The van der Waals surface area contributed by atoms with E-state index in [1.165, 1.54) is 17.7 Å². The maximum Gasteiger partial charge on any atom is 0.253 e. The van der Waals surface area contributed by atoms with Gasteiger partial charge in [0.05, 0.1) is 21.6 Å². The Bertz CT molecular complexity index is 1570. The number of fused-ring (bicyclic) bond motifs is 3. The van der Waals surface area contributed by atoms with Gasteiger partial charge in [-0.2, -0.15) is 0 Å². The minimum absolute atomic E-state index is 0.0533. The van der Waals surface area contributed by atoms with Crippen molar-refractivity contribution in [3.8, 4) is 11.3 Å². The molecule has 5 aromatic rings. The maximum absolute atomic E-state index is 13.3. The molecule has 8 heteroatoms. The molecule has 5 nitrogen and oxygen atoms in total. The van der Waals surface area contributed by atoms with Crippen LogP contribution >= 0.6 is 22.9 Å². The van der Waals surface area contributed by atoms with Gasteiger partial charge in [0.1, 0.15) is 5.82 Å². The number of aromatic nitrogens is 2. The molecule has 0 unspecified atom stereocenters. The molecule has 6 rings (SSSR count). The van der Waals surface area contributed by atoms with Gasteiger partial charge in [-0.05, 0) is 49.4 Å². The van der Waals surface area contributed by atoms with Crippen molar-refractivity contribution >= 4 is 44.0 Å². The lowest BCUT2D eigenvalue weighted by atomic mass is 10.1. The van der Waals surface area contributed by atoms with Crippen LogP contribution in [-0.2, 0) is 6.54 Å². The normalized spacial score (nSPS) is 14.7. The van der Waals surface area contributed by atoms with Gasteiger partial charge in [0.15, 0.2) is 4.96 Å². The lowest BCUT2D eigenvalue weighted by molar-refractivity contribution is 0.0627. The van der Waals surface area contributed by atoms with Gasteiger partial charge >= 0.3 is 0 Å². The fraction of sp³-hybridized carbons (Fsp3) is 0.214. The number of thiazole rings is 1. The van der Waals surface area contributed by atoms with Crippen LogP contribution in [0.2, 0.25) is 5.02 Å². The molecule has 2 aromatic heterocycles. The number of carbonyl (C=O) groups is 1. The van der Waals surface area contributed by atoms with Crippen molar-refractivity contribution in [2.24, 2.45) is 0 Å². The molecule has 0 N–H and O–H groups in total. The van der Waals surface area contributed by atoms with E-state index in [0.29, 0.717) is 23.7 Å². The summed E-state index contributed by atoms with van der Waals surface area (Å²) in [7, 11) is 0. The minimum Gasteiger partial charge on any atom is -0.336 e. The van der Waals surface area contributed by atoms with Crippen LogP contribution in [-0.4, -0.2) is 51.3 Å². The van der Waals surface area contributed by atoms with Crippen molar-refractivity contribution in [2.75, 3.05) is 26.2 Å². The van der Waals surface area contributed by atoms with Crippen LogP contribution < -0.4 is 0 Å². The van der Waals surface area contributed by atoms with E-state index in [4.69, 9.17) is 16.6 Å². The van der Waals surface area contributed by atoms with E-state index >= 15 is 0 Å². The third-order valence-corrected chi connectivity index (χ3v) is 7.99. The summed E-state index contributed by atoms with van der Waals surface area (Å²) in [5.41, 5.74) is 6.06. The molecule has 0 bridgehead atoms. The van der Waals surface area contributed by atoms with Crippen molar-refractivity contribution in [3.05, 3.63) is 94.4 Å². The molecule has 3 heterocycles. The zero-order valence-corrected chi connectivity index (χ0v) is 21.3. The lowest BCUT2D eigenvalue weighted by Crippen LogP contribution is -2.48. The van der Waals surface area contributed by atoms with Crippen molar-refractivity contribution in [1.82, 2.24) is 19.2 Å². The zero-order chi connectivity index (χ0) is 24.8. The average Bonchev–Trinajstić information content (AvgIpc) is 3.41. The van der Waals surface area contributed by atoms with Crippen LogP contribution in [0.5, 0.6) is 0 Å². The molecule has 0 radical (unpaired) electrons. The zero-order valence-electron chi connectivity index (χ0n) is 19.7. The number of piperazine rings is 1. The smallest absolute Gasteiger partial charge is 0.253 e. The topological polar surface area (TPSA) is 40.9 Å². The van der Waals surface area contributed by atoms with Crippen LogP contribution in [0.25, 0.3) is 26.4 Å². The molecule has 1 aliphatic rings. The summed E-state index contributed by atoms with van der Waals surface area (Å²) < 4.78 is 16.6. The summed E-state index contributed by atoms with van der Waals surface area (Å²) in [6, 6.07) is 20.2. The Balaban J connectivity index is 1.30. The molecule has 36 heavy (non-hydrogen) atoms. The molecule has 182 valence electrons. The van der Waals surface area contributed by atoms with E-state index < -0.39 is 0 Å². The third kappa shape index (κ3) is 4.28. The van der Waals surface area contributed by atoms with E-state index in [-0.39, 0.29) is 11.7 Å². The number of aryl methyl sites for hydroxylation is 1. The molecular formula is C28H24ClFN4OS. The molecule has 0 saturated carbocycles. The predicted octanol–water partition coefficient (Wildman–Crippen LogP) is 6.27. The van der Waals surface area contributed by atoms with Gasteiger partial charge in [0.2, 0.25) is 0 Å². The Hall–Kier alpha value is -3.26. The van der Waals surface area contributed by atoms with Crippen molar-refractivity contribution in [3.63, 3.8) is 0 Å². The number of nitrogens with zero attached hydrogens (tertiary/aromatic N) is 4. The van der Waals surface area contributed by atoms with Crippen LogP contribution in [0.1, 0.15) is 21.6 Å². The second-order valence-corrected chi connectivity index (χ2v) is 10.6. The lowest BCUT2D eigenvalue weighted by Gasteiger charge is -2.34. The number of amides is 1. The summed E-state index contributed by atoms with van der Waals surface area (Å²) in [6.07, 6.45) is 0. The van der Waals surface area contributed by atoms with E-state index in [9.17, 15) is 9.18 Å². The van der Waals surface area contributed by atoms with Gasteiger partial charge in [-0.1, -0.05) is 52.8 Å². The first-order valence-corrected chi connectivity index (χ1v) is 13.1. The summed E-state index contributed by atoms with van der Waals surface area (Å²) in [6.45, 7) is 5.55. The number of hydrogen-bond acceptors (Lipinski definition) is 4. The van der Waals surface area contributed by atoms with Crippen molar-refractivity contribution < 1.29 is 9.18 Å². The van der Waals surface area contributed by atoms with Gasteiger partial charge in [-0.15, -0.1) is 0 Å². The third-order valence-electron chi connectivity index (χ3n) is 6.76. The number of hydrogen-bond donors (Lipinski definition) is 0. The van der Waals surface area contributed by atoms with Gasteiger partial charge in [-0.25, -0.2) is 9.37 Å². The molecule has 3 aromatic carbocycles. The fourth-order valence-electron chi connectivity index (χ4n) is 4.79. The van der Waals surface area contributed by atoms with E-state index in [1.807, 2.05) is 17.0 Å². The molecule has 1 fully saturated rings. The van der Waals surface area contributed by atoms with Crippen LogP contribution in [0.3, 0.4) is 0 Å². The Morgan fingerprint density at radius 3 is 2.44 bits per heavy atom. The van der Waals surface area contributed by atoms with Crippen molar-refractivity contribution in [2.45, 2.75) is 13.5 Å². The largest absolute Gasteiger partial charge is 0.336 e. The summed E-state index contributed by atoms with van der Waals surface area (Å²) >= 11 is 7.90. The standard InChI is InChI=1S/C28H24ClFN4OS/c1-18-2-4-19(5-3-18)26-24(34-23-11-8-21(29)16-25(23)36-28(34)31-26)17-32-12-14-33(15-13-32)27(35)20-6-9-22(30)10-7-20/h2-11,16H,12-15,17H2,1H3. The Morgan fingerprint density at radius 2 is 1.72 bits per heavy atom. The molecule has 1 amide bonds. The number of imidazole rings is 1. The van der Waals surface area contributed by atoms with Gasteiger partial charge < -0.3 is 4.90 Å². The van der Waals surface area contributed by atoms with Crippen LogP contribution in [0.15, 0.2) is 66.7 Å². The summed E-state index contributed by atoms with van der Waals surface area (Å²) in [5.74, 6) is -0.390. The molecule has 1 aliphatic heterocycles. The van der Waals surface area contributed by atoms with Gasteiger partial charge in [-0.3, -0.25) is 14.1 Å². The van der Waals surface area contributed by atoms with E-state index in [0.717, 1.165) is 51.8 Å². The van der Waals surface area contributed by atoms with Crippen LogP contribution in [0.4, 0.5) is 4.39 Å². The highest BCUT2D eigenvalue weighted by Crippen LogP contribution is 2.35. The molecular weight excluding hydrogens is 495 g/mol. The molecule has 0 spiro atoms. The first-order valence-electron chi connectivity index (χ1n) is 11.9. The second-order valence-electron chi connectivity index (χ2n) is 9.18. The Kier molecular flexibility index (Phi) is 5.99. The highest BCUT2D eigenvalue weighted by Gasteiger charge is 2.25. The van der Waals surface area contributed by atoms with Crippen LogP contribution in [0, 0.1) is 12.7 Å². The Labute approximate surface area is 217 Å². The average molecular weight is 519 g/mol.